The van der Waals surface area contributed by atoms with Crippen LogP contribution in [0.2, 0.25) is 0 Å². The molecule has 0 saturated heterocycles. The average molecular weight is 219 g/mol. The normalized spacial score (nSPS) is 19.0. The summed E-state index contributed by atoms with van der Waals surface area (Å²) in [6.07, 6.45) is 2.58. The topological polar surface area (TPSA) is 54.0 Å². The summed E-state index contributed by atoms with van der Waals surface area (Å²) in [5, 5.41) is 6.12. The maximum absolute atomic E-state index is 11.8. The van der Waals surface area contributed by atoms with Gasteiger partial charge >= 0.3 is 0 Å². The van der Waals surface area contributed by atoms with E-state index in [0.717, 1.165) is 23.5 Å². The van der Waals surface area contributed by atoms with Gasteiger partial charge in [0.05, 0.1) is 5.69 Å². The predicted octanol–water partition coefficient (Wildman–Crippen LogP) is 2.17. The van der Waals surface area contributed by atoms with Gasteiger partial charge in [-0.2, -0.15) is 0 Å². The van der Waals surface area contributed by atoms with Gasteiger partial charge in [-0.25, -0.2) is 4.98 Å². The smallest absolute Gasteiger partial charge is 0.247 e. The highest BCUT2D eigenvalue weighted by atomic mass is 16.2. The fourth-order valence-corrected chi connectivity index (χ4v) is 1.90. The van der Waals surface area contributed by atoms with Crippen molar-refractivity contribution in [2.75, 3.05) is 10.6 Å². The molecule has 1 aliphatic rings. The Balaban J connectivity index is 2.25. The molecule has 0 saturated carbocycles. The summed E-state index contributed by atoms with van der Waals surface area (Å²) in [6.45, 7) is 6.17. The fourth-order valence-electron chi connectivity index (χ4n) is 1.90. The number of rotatable bonds is 2. The lowest BCUT2D eigenvalue weighted by Crippen LogP contribution is -2.40. The standard InChI is InChI=1S/C12H17N3O/c1-7(2)6-9-12(16)15-10-8(3)4-5-13-11(10)14-9/h4-5,7,9H,6H2,1-3H3,(H,13,14)(H,15,16). The van der Waals surface area contributed by atoms with Crippen LogP contribution in [0.4, 0.5) is 11.5 Å². The number of aryl methyl sites for hydroxylation is 1. The highest BCUT2D eigenvalue weighted by Gasteiger charge is 2.27. The first-order valence-corrected chi connectivity index (χ1v) is 5.61. The maximum Gasteiger partial charge on any atom is 0.247 e. The van der Waals surface area contributed by atoms with Crippen LogP contribution in [0.1, 0.15) is 25.8 Å². The molecule has 0 radical (unpaired) electrons. The molecule has 0 bridgehead atoms. The molecule has 86 valence electrons. The fraction of sp³-hybridized carbons (Fsp3) is 0.500. The number of aromatic nitrogens is 1. The number of hydrogen-bond donors (Lipinski definition) is 2. The van der Waals surface area contributed by atoms with Gasteiger partial charge in [-0.15, -0.1) is 0 Å². The molecule has 1 unspecified atom stereocenters. The van der Waals surface area contributed by atoms with Crippen molar-refractivity contribution in [3.63, 3.8) is 0 Å². The zero-order valence-electron chi connectivity index (χ0n) is 9.87. The Morgan fingerprint density at radius 1 is 1.50 bits per heavy atom. The number of nitrogens with zero attached hydrogens (tertiary/aromatic N) is 1. The summed E-state index contributed by atoms with van der Waals surface area (Å²) >= 11 is 0. The third-order valence-corrected chi connectivity index (χ3v) is 2.74. The minimum Gasteiger partial charge on any atom is -0.357 e. The third kappa shape index (κ3) is 2.01. The van der Waals surface area contributed by atoms with Gasteiger partial charge in [0.1, 0.15) is 6.04 Å². The predicted molar refractivity (Wildman–Crippen MR) is 64.5 cm³/mol. The molecule has 1 aromatic heterocycles. The van der Waals surface area contributed by atoms with Crippen LogP contribution in [-0.4, -0.2) is 16.9 Å². The van der Waals surface area contributed by atoms with Crippen molar-refractivity contribution in [2.45, 2.75) is 33.2 Å². The van der Waals surface area contributed by atoms with Gasteiger partial charge < -0.3 is 10.6 Å². The summed E-state index contributed by atoms with van der Waals surface area (Å²) in [6, 6.07) is 1.73. The van der Waals surface area contributed by atoms with Crippen molar-refractivity contribution in [3.8, 4) is 0 Å². The molecule has 0 fully saturated rings. The van der Waals surface area contributed by atoms with Gasteiger partial charge in [-0.3, -0.25) is 4.79 Å². The monoisotopic (exact) mass is 219 g/mol. The Labute approximate surface area is 95.5 Å². The van der Waals surface area contributed by atoms with E-state index in [1.807, 2.05) is 13.0 Å². The van der Waals surface area contributed by atoms with Gasteiger partial charge in [0, 0.05) is 6.20 Å². The van der Waals surface area contributed by atoms with Crippen molar-refractivity contribution >= 4 is 17.4 Å². The molecular weight excluding hydrogens is 202 g/mol. The summed E-state index contributed by atoms with van der Waals surface area (Å²) in [5.41, 5.74) is 1.85. The summed E-state index contributed by atoms with van der Waals surface area (Å²) in [4.78, 5) is 16.1. The Morgan fingerprint density at radius 2 is 2.25 bits per heavy atom. The number of anilines is 2. The van der Waals surface area contributed by atoms with Crippen LogP contribution in [0.15, 0.2) is 12.3 Å². The minimum atomic E-state index is -0.165. The van der Waals surface area contributed by atoms with E-state index in [4.69, 9.17) is 0 Å². The lowest BCUT2D eigenvalue weighted by molar-refractivity contribution is -0.117. The van der Waals surface area contributed by atoms with Gasteiger partial charge in [0.15, 0.2) is 5.82 Å². The van der Waals surface area contributed by atoms with Crippen LogP contribution in [0.3, 0.4) is 0 Å². The van der Waals surface area contributed by atoms with E-state index in [1.165, 1.54) is 0 Å². The number of hydrogen-bond acceptors (Lipinski definition) is 3. The van der Waals surface area contributed by atoms with Crippen LogP contribution in [0.25, 0.3) is 0 Å². The molecule has 16 heavy (non-hydrogen) atoms. The molecule has 1 aliphatic heterocycles. The highest BCUT2D eigenvalue weighted by molar-refractivity contribution is 6.02. The number of fused-ring (bicyclic) bond motifs is 1. The van der Waals surface area contributed by atoms with Crippen molar-refractivity contribution in [1.29, 1.82) is 0 Å². The van der Waals surface area contributed by atoms with Crippen LogP contribution in [0.5, 0.6) is 0 Å². The molecule has 2 rings (SSSR count). The molecule has 0 spiro atoms. The van der Waals surface area contributed by atoms with E-state index in [-0.39, 0.29) is 11.9 Å². The first-order chi connectivity index (χ1) is 7.58. The zero-order chi connectivity index (χ0) is 11.7. The molecular formula is C12H17N3O. The Hall–Kier alpha value is -1.58. The number of amides is 1. The van der Waals surface area contributed by atoms with Gasteiger partial charge in [0.2, 0.25) is 5.91 Å². The molecule has 2 heterocycles. The van der Waals surface area contributed by atoms with Crippen LogP contribution >= 0.6 is 0 Å². The van der Waals surface area contributed by atoms with Crippen molar-refractivity contribution in [1.82, 2.24) is 4.98 Å². The summed E-state index contributed by atoms with van der Waals surface area (Å²) in [5.74, 6) is 1.30. The number of carbonyl (C=O) groups is 1. The number of pyridine rings is 1. The van der Waals surface area contributed by atoms with E-state index < -0.39 is 0 Å². The van der Waals surface area contributed by atoms with Crippen LogP contribution in [-0.2, 0) is 4.79 Å². The van der Waals surface area contributed by atoms with E-state index in [2.05, 4.69) is 29.5 Å². The Bertz CT molecular complexity index is 415. The average Bonchev–Trinajstić information content (AvgIpc) is 2.20. The Morgan fingerprint density at radius 3 is 2.94 bits per heavy atom. The first kappa shape index (κ1) is 10.9. The van der Waals surface area contributed by atoms with Crippen molar-refractivity contribution in [3.05, 3.63) is 17.8 Å². The summed E-state index contributed by atoms with van der Waals surface area (Å²) in [7, 11) is 0. The molecule has 0 aromatic carbocycles. The van der Waals surface area contributed by atoms with Gasteiger partial charge in [-0.1, -0.05) is 13.8 Å². The van der Waals surface area contributed by atoms with Crippen molar-refractivity contribution in [2.24, 2.45) is 5.92 Å². The van der Waals surface area contributed by atoms with E-state index in [0.29, 0.717) is 5.92 Å². The lowest BCUT2D eigenvalue weighted by atomic mass is 10.0. The molecule has 0 aliphatic carbocycles. The molecule has 1 amide bonds. The van der Waals surface area contributed by atoms with Gasteiger partial charge in [-0.05, 0) is 30.9 Å². The maximum atomic E-state index is 11.8. The second kappa shape index (κ2) is 4.12. The van der Waals surface area contributed by atoms with Gasteiger partial charge in [0.25, 0.3) is 0 Å². The molecule has 2 N–H and O–H groups in total. The second-order valence-corrected chi connectivity index (χ2v) is 4.67. The molecule has 4 heteroatoms. The highest BCUT2D eigenvalue weighted by Crippen LogP contribution is 2.28. The quantitative estimate of drug-likeness (QED) is 0.801. The van der Waals surface area contributed by atoms with Crippen LogP contribution < -0.4 is 10.6 Å². The molecule has 1 aromatic rings. The van der Waals surface area contributed by atoms with E-state index in [9.17, 15) is 4.79 Å². The first-order valence-electron chi connectivity index (χ1n) is 5.61. The SMILES string of the molecule is Cc1ccnc2c1NC(=O)C(CC(C)C)N2. The third-order valence-electron chi connectivity index (χ3n) is 2.74. The van der Waals surface area contributed by atoms with Crippen molar-refractivity contribution < 1.29 is 4.79 Å². The second-order valence-electron chi connectivity index (χ2n) is 4.67. The molecule has 4 nitrogen and oxygen atoms in total. The summed E-state index contributed by atoms with van der Waals surface area (Å²) < 4.78 is 0. The molecule has 1 atom stereocenters. The van der Waals surface area contributed by atoms with Crippen LogP contribution in [0, 0.1) is 12.8 Å². The number of carbonyl (C=O) groups excluding carboxylic acids is 1. The number of nitrogens with one attached hydrogen (secondary N) is 2. The van der Waals surface area contributed by atoms with E-state index in [1.54, 1.807) is 6.20 Å². The Kier molecular flexibility index (Phi) is 2.81. The zero-order valence-corrected chi connectivity index (χ0v) is 9.87. The largest absolute Gasteiger partial charge is 0.357 e. The lowest BCUT2D eigenvalue weighted by Gasteiger charge is -2.27. The van der Waals surface area contributed by atoms with E-state index >= 15 is 0 Å². The minimum absolute atomic E-state index is 0.0392.